The van der Waals surface area contributed by atoms with Crippen LogP contribution in [0.2, 0.25) is 0 Å². The molecule has 0 atom stereocenters. The Labute approximate surface area is 114 Å². The van der Waals surface area contributed by atoms with Gasteiger partial charge in [-0.05, 0) is 47.9 Å². The van der Waals surface area contributed by atoms with Crippen molar-refractivity contribution in [2.75, 3.05) is 7.11 Å². The van der Waals surface area contributed by atoms with E-state index in [4.69, 9.17) is 4.74 Å². The van der Waals surface area contributed by atoms with Crippen molar-refractivity contribution in [1.29, 1.82) is 0 Å². The molecule has 0 spiro atoms. The van der Waals surface area contributed by atoms with Gasteiger partial charge in [-0.3, -0.25) is 0 Å². The second-order valence-electron chi connectivity index (χ2n) is 4.49. The molecule has 0 unspecified atom stereocenters. The third kappa shape index (κ3) is 2.01. The molecule has 0 aliphatic rings. The van der Waals surface area contributed by atoms with Gasteiger partial charge in [0.2, 0.25) is 0 Å². The summed E-state index contributed by atoms with van der Waals surface area (Å²) >= 11 is 0. The van der Waals surface area contributed by atoms with E-state index in [9.17, 15) is 19.1 Å². The molecule has 0 bridgehead atoms. The first kappa shape index (κ1) is 14.0. The van der Waals surface area contributed by atoms with E-state index in [2.05, 4.69) is 0 Å². The van der Waals surface area contributed by atoms with Crippen molar-refractivity contribution in [1.82, 2.24) is 0 Å². The molecule has 104 valence electrons. The first-order valence-electron chi connectivity index (χ1n) is 5.92. The molecular weight excluding hydrogens is 263 g/mol. The summed E-state index contributed by atoms with van der Waals surface area (Å²) in [6.07, 6.45) is 0. The summed E-state index contributed by atoms with van der Waals surface area (Å²) in [7, 11) is 1.23. The minimum absolute atomic E-state index is 0.0782. The van der Waals surface area contributed by atoms with Gasteiger partial charge in [-0.2, -0.15) is 0 Å². The lowest BCUT2D eigenvalue weighted by Crippen LogP contribution is -2.12. The van der Waals surface area contributed by atoms with Gasteiger partial charge in [-0.1, -0.05) is 6.07 Å². The molecule has 0 heterocycles. The molecule has 2 rings (SSSR count). The number of hydrogen-bond acceptors (Lipinski definition) is 3. The largest absolute Gasteiger partial charge is 0.478 e. The van der Waals surface area contributed by atoms with Crippen LogP contribution in [0.5, 0.6) is 0 Å². The number of rotatable bonds is 2. The molecule has 0 radical (unpaired) electrons. The predicted octanol–water partition coefficient (Wildman–Crippen LogP) is 3.08. The van der Waals surface area contributed by atoms with Crippen LogP contribution in [0, 0.1) is 19.7 Å². The lowest BCUT2D eigenvalue weighted by atomic mass is 9.90. The predicted molar refractivity (Wildman–Crippen MR) is 71.7 cm³/mol. The number of ether oxygens (including phenoxy) is 1. The summed E-state index contributed by atoms with van der Waals surface area (Å²) in [5.41, 5.74) is 0.990. The normalized spacial score (nSPS) is 10.6. The van der Waals surface area contributed by atoms with Gasteiger partial charge in [-0.25, -0.2) is 14.0 Å². The summed E-state index contributed by atoms with van der Waals surface area (Å²) in [5, 5.41) is 10.2. The van der Waals surface area contributed by atoms with Crippen molar-refractivity contribution in [3.63, 3.8) is 0 Å². The molecule has 0 saturated carbocycles. The highest BCUT2D eigenvalue weighted by atomic mass is 19.1. The average Bonchev–Trinajstić information content (AvgIpc) is 2.37. The summed E-state index contributed by atoms with van der Waals surface area (Å²) in [6.45, 7) is 3.21. The van der Waals surface area contributed by atoms with Crippen molar-refractivity contribution < 1.29 is 23.8 Å². The van der Waals surface area contributed by atoms with Gasteiger partial charge in [-0.15, -0.1) is 0 Å². The second-order valence-corrected chi connectivity index (χ2v) is 4.49. The Morgan fingerprint density at radius 2 is 1.75 bits per heavy atom. The first-order chi connectivity index (χ1) is 9.38. The standard InChI is InChI=1S/C15H13FO4/c1-7-10-5-4-9(16)6-11(10)13(14(17)18)8(2)12(7)15(19)20-3/h4-6H,1-3H3,(H,17,18). The van der Waals surface area contributed by atoms with E-state index in [1.165, 1.54) is 32.2 Å². The Morgan fingerprint density at radius 3 is 2.30 bits per heavy atom. The van der Waals surface area contributed by atoms with Crippen molar-refractivity contribution in [3.8, 4) is 0 Å². The van der Waals surface area contributed by atoms with Gasteiger partial charge in [0.1, 0.15) is 5.82 Å². The molecular formula is C15H13FO4. The van der Waals surface area contributed by atoms with Crippen LogP contribution in [0.4, 0.5) is 4.39 Å². The fraction of sp³-hybridized carbons (Fsp3) is 0.200. The number of hydrogen-bond donors (Lipinski definition) is 1. The van der Waals surface area contributed by atoms with Gasteiger partial charge in [0.05, 0.1) is 18.2 Å². The Hall–Kier alpha value is -2.43. The number of carboxylic acid groups (broad SMARTS) is 1. The lowest BCUT2D eigenvalue weighted by Gasteiger charge is -2.15. The topological polar surface area (TPSA) is 63.6 Å². The highest BCUT2D eigenvalue weighted by Gasteiger charge is 2.23. The van der Waals surface area contributed by atoms with Crippen LogP contribution < -0.4 is 0 Å². The summed E-state index contributed by atoms with van der Waals surface area (Å²) in [6, 6.07) is 3.87. The Kier molecular flexibility index (Phi) is 3.44. The molecule has 2 aromatic rings. The summed E-state index contributed by atoms with van der Waals surface area (Å²) < 4.78 is 18.1. The average molecular weight is 276 g/mol. The van der Waals surface area contributed by atoms with Crippen molar-refractivity contribution in [2.24, 2.45) is 0 Å². The van der Waals surface area contributed by atoms with E-state index in [-0.39, 0.29) is 22.1 Å². The zero-order valence-electron chi connectivity index (χ0n) is 11.3. The third-order valence-corrected chi connectivity index (χ3v) is 3.38. The molecule has 20 heavy (non-hydrogen) atoms. The van der Waals surface area contributed by atoms with Crippen LogP contribution in [-0.4, -0.2) is 24.2 Å². The van der Waals surface area contributed by atoms with Crippen LogP contribution in [0.25, 0.3) is 10.8 Å². The number of esters is 1. The highest BCUT2D eigenvalue weighted by Crippen LogP contribution is 2.31. The van der Waals surface area contributed by atoms with Crippen molar-refractivity contribution >= 4 is 22.7 Å². The fourth-order valence-electron chi connectivity index (χ4n) is 2.48. The van der Waals surface area contributed by atoms with E-state index in [0.717, 1.165) is 0 Å². The molecule has 0 aliphatic heterocycles. The molecule has 4 nitrogen and oxygen atoms in total. The minimum atomic E-state index is -1.21. The summed E-state index contributed by atoms with van der Waals surface area (Å²) in [5.74, 6) is -2.33. The van der Waals surface area contributed by atoms with Crippen molar-refractivity contribution in [3.05, 3.63) is 46.3 Å². The fourth-order valence-corrected chi connectivity index (χ4v) is 2.48. The van der Waals surface area contributed by atoms with Gasteiger partial charge < -0.3 is 9.84 Å². The van der Waals surface area contributed by atoms with E-state index >= 15 is 0 Å². The molecule has 0 aromatic heterocycles. The van der Waals surface area contributed by atoms with Crippen LogP contribution >= 0.6 is 0 Å². The Bertz CT molecular complexity index is 734. The first-order valence-corrected chi connectivity index (χ1v) is 5.92. The maximum Gasteiger partial charge on any atom is 0.338 e. The quantitative estimate of drug-likeness (QED) is 0.856. The van der Waals surface area contributed by atoms with Crippen LogP contribution in [-0.2, 0) is 4.74 Å². The lowest BCUT2D eigenvalue weighted by molar-refractivity contribution is 0.0599. The molecule has 2 aromatic carbocycles. The number of methoxy groups -OCH3 is 1. The number of benzene rings is 2. The van der Waals surface area contributed by atoms with E-state index < -0.39 is 17.8 Å². The van der Waals surface area contributed by atoms with Crippen LogP contribution in [0.1, 0.15) is 31.8 Å². The van der Waals surface area contributed by atoms with Gasteiger partial charge in [0.25, 0.3) is 0 Å². The number of carboxylic acids is 1. The summed E-state index contributed by atoms with van der Waals surface area (Å²) in [4.78, 5) is 23.3. The van der Waals surface area contributed by atoms with Gasteiger partial charge >= 0.3 is 11.9 Å². The Balaban J connectivity index is 3.02. The third-order valence-electron chi connectivity index (χ3n) is 3.38. The SMILES string of the molecule is COC(=O)c1c(C)c(C(=O)O)c2cc(F)ccc2c1C. The van der Waals surface area contributed by atoms with E-state index in [1.54, 1.807) is 6.92 Å². The van der Waals surface area contributed by atoms with Gasteiger partial charge in [0.15, 0.2) is 0 Å². The molecule has 0 fully saturated rings. The van der Waals surface area contributed by atoms with Crippen LogP contribution in [0.15, 0.2) is 18.2 Å². The smallest absolute Gasteiger partial charge is 0.338 e. The van der Waals surface area contributed by atoms with E-state index in [0.29, 0.717) is 10.9 Å². The number of carbonyl (C=O) groups excluding carboxylic acids is 1. The number of aromatic carboxylic acids is 1. The number of carbonyl (C=O) groups is 2. The zero-order chi connectivity index (χ0) is 15.0. The maximum atomic E-state index is 13.4. The molecule has 0 aliphatic carbocycles. The molecule has 0 saturated heterocycles. The minimum Gasteiger partial charge on any atom is -0.478 e. The van der Waals surface area contributed by atoms with Crippen LogP contribution in [0.3, 0.4) is 0 Å². The number of halogens is 1. The Morgan fingerprint density at radius 1 is 1.10 bits per heavy atom. The number of fused-ring (bicyclic) bond motifs is 1. The second kappa shape index (κ2) is 4.92. The van der Waals surface area contributed by atoms with Crippen molar-refractivity contribution in [2.45, 2.75) is 13.8 Å². The molecule has 1 N–H and O–H groups in total. The van der Waals surface area contributed by atoms with E-state index in [1.807, 2.05) is 0 Å². The highest BCUT2D eigenvalue weighted by molar-refractivity contribution is 6.11. The molecule has 0 amide bonds. The molecule has 5 heteroatoms. The maximum absolute atomic E-state index is 13.4. The monoisotopic (exact) mass is 276 g/mol. The number of aryl methyl sites for hydroxylation is 1. The zero-order valence-corrected chi connectivity index (χ0v) is 11.3. The van der Waals surface area contributed by atoms with Gasteiger partial charge in [0, 0.05) is 0 Å².